The molecule has 0 unspecified atom stereocenters. The van der Waals surface area contributed by atoms with E-state index in [-0.39, 0.29) is 17.5 Å². The summed E-state index contributed by atoms with van der Waals surface area (Å²) in [6.45, 7) is 1.70. The average molecular weight is 500 g/mol. The maximum atomic E-state index is 12.5. The molecule has 1 aliphatic rings. The van der Waals surface area contributed by atoms with Gasteiger partial charge in [-0.05, 0) is 43.0 Å². The number of hydrogen-bond acceptors (Lipinski definition) is 7. The lowest BCUT2D eigenvalue weighted by Gasteiger charge is -2.26. The zero-order valence-corrected chi connectivity index (χ0v) is 20.3. The van der Waals surface area contributed by atoms with Crippen molar-refractivity contribution in [3.63, 3.8) is 0 Å². The van der Waals surface area contributed by atoms with Gasteiger partial charge in [-0.25, -0.2) is 17.9 Å². The van der Waals surface area contributed by atoms with Crippen LogP contribution in [0.3, 0.4) is 0 Å². The Labute approximate surface area is 202 Å². The van der Waals surface area contributed by atoms with Crippen molar-refractivity contribution in [2.75, 3.05) is 24.7 Å². The first kappa shape index (κ1) is 23.9. The molecular formula is C24H25N3O5S2. The predicted molar refractivity (Wildman–Crippen MR) is 131 cm³/mol. The second-order valence-corrected chi connectivity index (χ2v) is 11.0. The van der Waals surface area contributed by atoms with Gasteiger partial charge in [0.2, 0.25) is 0 Å². The maximum Gasteiger partial charge on any atom is 0.331 e. The van der Waals surface area contributed by atoms with E-state index in [2.05, 4.69) is 5.10 Å². The first-order chi connectivity index (χ1) is 16.4. The van der Waals surface area contributed by atoms with E-state index >= 15 is 0 Å². The van der Waals surface area contributed by atoms with Crippen molar-refractivity contribution in [3.05, 3.63) is 65.7 Å². The van der Waals surface area contributed by atoms with E-state index < -0.39 is 28.3 Å². The second-order valence-electron chi connectivity index (χ2n) is 7.87. The van der Waals surface area contributed by atoms with Gasteiger partial charge in [0.15, 0.2) is 16.4 Å². The molecule has 3 heterocycles. The number of thiophene rings is 1. The van der Waals surface area contributed by atoms with E-state index in [4.69, 9.17) is 4.74 Å². The van der Waals surface area contributed by atoms with Crippen LogP contribution in [-0.2, 0) is 24.2 Å². The summed E-state index contributed by atoms with van der Waals surface area (Å²) in [5.74, 6) is -1.03. The molecule has 0 aliphatic carbocycles. The molecule has 1 aliphatic heterocycles. The molecule has 0 spiro atoms. The number of amides is 1. The number of nitrogens with zero attached hydrogens (tertiary/aromatic N) is 3. The first-order valence-electron chi connectivity index (χ1n) is 10.9. The Hall–Kier alpha value is -3.24. The van der Waals surface area contributed by atoms with Gasteiger partial charge in [0.1, 0.15) is 5.69 Å². The van der Waals surface area contributed by atoms with E-state index in [0.29, 0.717) is 13.0 Å². The zero-order chi connectivity index (χ0) is 24.1. The van der Waals surface area contributed by atoms with Gasteiger partial charge in [-0.15, -0.1) is 11.3 Å². The van der Waals surface area contributed by atoms with Crippen molar-refractivity contribution in [2.24, 2.45) is 0 Å². The number of benzene rings is 1. The third-order valence-electron chi connectivity index (χ3n) is 5.56. The molecule has 34 heavy (non-hydrogen) atoms. The summed E-state index contributed by atoms with van der Waals surface area (Å²) < 4.78 is 30.4. The quantitative estimate of drug-likeness (QED) is 0.349. The Bertz CT molecular complexity index is 1280. The fourth-order valence-corrected chi connectivity index (χ4v) is 6.37. The maximum absolute atomic E-state index is 12.5. The number of carbonyl (C=O) groups is 2. The van der Waals surface area contributed by atoms with Gasteiger partial charge >= 0.3 is 5.97 Å². The van der Waals surface area contributed by atoms with Crippen LogP contribution in [-0.4, -0.2) is 65.7 Å². The molecule has 178 valence electrons. The summed E-state index contributed by atoms with van der Waals surface area (Å²) in [5.41, 5.74) is 2.36. The Balaban J connectivity index is 1.43. The predicted octanol–water partition coefficient (Wildman–Crippen LogP) is 3.19. The molecule has 1 amide bonds. The summed E-state index contributed by atoms with van der Waals surface area (Å²) in [7, 11) is -3.12. The number of para-hydroxylation sites is 1. The molecule has 1 aromatic carbocycles. The van der Waals surface area contributed by atoms with E-state index in [1.807, 2.05) is 54.0 Å². The summed E-state index contributed by atoms with van der Waals surface area (Å²) in [6.07, 6.45) is 5.13. The number of ether oxygens (including phenoxy) is 1. The van der Waals surface area contributed by atoms with Crippen LogP contribution >= 0.6 is 11.3 Å². The molecule has 0 radical (unpaired) electrons. The van der Waals surface area contributed by atoms with Gasteiger partial charge in [0, 0.05) is 30.4 Å². The van der Waals surface area contributed by atoms with Gasteiger partial charge in [-0.3, -0.25) is 4.79 Å². The lowest BCUT2D eigenvalue weighted by atomic mass is 10.2. The number of carbonyl (C=O) groups excluding carboxylic acids is 2. The third kappa shape index (κ3) is 5.63. The molecule has 1 saturated heterocycles. The summed E-state index contributed by atoms with van der Waals surface area (Å²) in [4.78, 5) is 27.3. The van der Waals surface area contributed by atoms with Gasteiger partial charge in [0.05, 0.1) is 22.1 Å². The fourth-order valence-electron chi connectivity index (χ4n) is 3.91. The van der Waals surface area contributed by atoms with Crippen molar-refractivity contribution in [3.8, 4) is 16.3 Å². The number of aromatic nitrogens is 2. The molecule has 1 atom stereocenters. The minimum Gasteiger partial charge on any atom is -0.452 e. The largest absolute Gasteiger partial charge is 0.452 e. The molecule has 1 fully saturated rings. The molecule has 0 saturated carbocycles. The van der Waals surface area contributed by atoms with Crippen LogP contribution in [0.2, 0.25) is 0 Å². The molecular weight excluding hydrogens is 474 g/mol. The number of esters is 1. The monoisotopic (exact) mass is 499 g/mol. The van der Waals surface area contributed by atoms with E-state index in [1.165, 1.54) is 11.0 Å². The molecule has 2 aromatic heterocycles. The number of likely N-dealkylation sites (N-methyl/N-ethyl adjacent to an activating group) is 1. The van der Waals surface area contributed by atoms with Crippen LogP contribution in [0.15, 0.2) is 60.1 Å². The summed E-state index contributed by atoms with van der Waals surface area (Å²) >= 11 is 1.55. The van der Waals surface area contributed by atoms with Gasteiger partial charge in [0.25, 0.3) is 5.91 Å². The standard InChI is InChI=1S/C24H25N3O5S2/c1-2-26(20-12-14-34(30,31)17-20)22(28)16-32-23(29)11-10-18-15-27(19-7-4-3-5-8-19)25-24(18)21-9-6-13-33-21/h3-11,13,15,20H,2,12,14,16-17H2,1H3/b11-10+/t20-/m1/s1. The second kappa shape index (κ2) is 10.4. The SMILES string of the molecule is CCN(C(=O)COC(=O)/C=C/c1cn(-c2ccccc2)nc1-c1cccs1)[C@@H]1CCS(=O)(=O)C1. The third-order valence-corrected chi connectivity index (χ3v) is 8.19. The summed E-state index contributed by atoms with van der Waals surface area (Å²) in [5, 5.41) is 6.64. The highest BCUT2D eigenvalue weighted by Gasteiger charge is 2.34. The average Bonchev–Trinajstić information content (AvgIpc) is 3.57. The van der Waals surface area contributed by atoms with Crippen LogP contribution in [0.5, 0.6) is 0 Å². The first-order valence-corrected chi connectivity index (χ1v) is 13.6. The van der Waals surface area contributed by atoms with Crippen molar-refractivity contribution in [1.82, 2.24) is 14.7 Å². The van der Waals surface area contributed by atoms with Gasteiger partial charge < -0.3 is 9.64 Å². The minimum atomic E-state index is -3.12. The number of sulfone groups is 1. The Kier molecular flexibility index (Phi) is 7.28. The molecule has 8 nitrogen and oxygen atoms in total. The Morgan fingerprint density at radius 2 is 2.03 bits per heavy atom. The van der Waals surface area contributed by atoms with Crippen LogP contribution in [0.1, 0.15) is 18.9 Å². The van der Waals surface area contributed by atoms with E-state index in [9.17, 15) is 18.0 Å². The number of hydrogen-bond donors (Lipinski definition) is 0. The molecule has 0 bridgehead atoms. The van der Waals surface area contributed by atoms with Crippen LogP contribution in [0.4, 0.5) is 0 Å². The minimum absolute atomic E-state index is 0.0443. The van der Waals surface area contributed by atoms with Gasteiger partial charge in [-0.2, -0.15) is 5.10 Å². The lowest BCUT2D eigenvalue weighted by Crippen LogP contribution is -2.43. The van der Waals surface area contributed by atoms with Crippen molar-refractivity contribution >= 4 is 39.1 Å². The van der Waals surface area contributed by atoms with E-state index in [1.54, 1.807) is 29.0 Å². The van der Waals surface area contributed by atoms with Gasteiger partial charge in [-0.1, -0.05) is 24.3 Å². The highest BCUT2D eigenvalue weighted by molar-refractivity contribution is 7.91. The fraction of sp³-hybridized carbons (Fsp3) is 0.292. The summed E-state index contributed by atoms with van der Waals surface area (Å²) in [6, 6.07) is 13.2. The Morgan fingerprint density at radius 3 is 2.68 bits per heavy atom. The van der Waals surface area contributed by atoms with Crippen LogP contribution in [0.25, 0.3) is 22.3 Å². The van der Waals surface area contributed by atoms with Crippen LogP contribution in [0, 0.1) is 0 Å². The molecule has 3 aromatic rings. The molecule has 0 N–H and O–H groups in total. The molecule has 10 heteroatoms. The normalized spacial score (nSPS) is 17.1. The van der Waals surface area contributed by atoms with E-state index in [0.717, 1.165) is 21.8 Å². The highest BCUT2D eigenvalue weighted by atomic mass is 32.2. The smallest absolute Gasteiger partial charge is 0.331 e. The van der Waals surface area contributed by atoms with Crippen molar-refractivity contribution < 1.29 is 22.7 Å². The molecule has 4 rings (SSSR count). The van der Waals surface area contributed by atoms with Crippen molar-refractivity contribution in [1.29, 1.82) is 0 Å². The topological polar surface area (TPSA) is 98.6 Å². The zero-order valence-electron chi connectivity index (χ0n) is 18.7. The highest BCUT2D eigenvalue weighted by Crippen LogP contribution is 2.28. The van der Waals surface area contributed by atoms with Crippen molar-refractivity contribution in [2.45, 2.75) is 19.4 Å². The Morgan fingerprint density at radius 1 is 1.24 bits per heavy atom. The van der Waals surface area contributed by atoms with Crippen LogP contribution < -0.4 is 0 Å². The number of rotatable bonds is 8. The lowest BCUT2D eigenvalue weighted by molar-refractivity contribution is -0.149.